The van der Waals surface area contributed by atoms with Gasteiger partial charge in [0.1, 0.15) is 17.1 Å². The van der Waals surface area contributed by atoms with Crippen molar-refractivity contribution >= 4 is 23.4 Å². The zero-order valence-electron chi connectivity index (χ0n) is 17.0. The van der Waals surface area contributed by atoms with E-state index in [1.807, 2.05) is 44.2 Å². The number of nitrogens with zero attached hydrogens (tertiary/aromatic N) is 1. The van der Waals surface area contributed by atoms with Crippen molar-refractivity contribution in [2.75, 3.05) is 33.4 Å². The molecule has 1 aromatic heterocycles. The van der Waals surface area contributed by atoms with Crippen LogP contribution in [0.5, 0.6) is 5.75 Å². The monoisotopic (exact) mass is 415 g/mol. The second-order valence-electron chi connectivity index (χ2n) is 7.26. The maximum Gasteiger partial charge on any atom is 0.196 e. The number of halogens is 1. The minimum Gasteiger partial charge on any atom is -0.496 e. The van der Waals surface area contributed by atoms with Crippen LogP contribution in [0, 0.1) is 13.8 Å². The third kappa shape index (κ3) is 4.17. The molecule has 29 heavy (non-hydrogen) atoms. The quantitative estimate of drug-likeness (QED) is 0.634. The average Bonchev–Trinajstić information content (AvgIpc) is 2.72. The highest BCUT2D eigenvalue weighted by atomic mass is 35.5. The van der Waals surface area contributed by atoms with Gasteiger partial charge in [-0.15, -0.1) is 12.4 Å². The number of benzene rings is 2. The van der Waals surface area contributed by atoms with Gasteiger partial charge in [0, 0.05) is 30.8 Å². The number of hydrogen-bond donors (Lipinski definition) is 0. The van der Waals surface area contributed by atoms with Crippen LogP contribution in [0.1, 0.15) is 16.7 Å². The normalized spacial score (nSPS) is 14.6. The van der Waals surface area contributed by atoms with Crippen LogP contribution in [-0.4, -0.2) is 38.3 Å². The predicted octanol–water partition coefficient (Wildman–Crippen LogP) is 4.34. The van der Waals surface area contributed by atoms with Gasteiger partial charge in [-0.25, -0.2) is 0 Å². The van der Waals surface area contributed by atoms with E-state index in [4.69, 9.17) is 13.9 Å². The van der Waals surface area contributed by atoms with E-state index in [9.17, 15) is 4.79 Å². The van der Waals surface area contributed by atoms with Crippen LogP contribution in [0.3, 0.4) is 0 Å². The van der Waals surface area contributed by atoms with Gasteiger partial charge < -0.3 is 13.9 Å². The lowest BCUT2D eigenvalue weighted by atomic mass is 10.0. The molecule has 1 aliphatic heterocycles. The van der Waals surface area contributed by atoms with Crippen LogP contribution in [0.25, 0.3) is 22.3 Å². The van der Waals surface area contributed by atoms with Gasteiger partial charge in [-0.3, -0.25) is 9.69 Å². The summed E-state index contributed by atoms with van der Waals surface area (Å²) in [6.07, 6.45) is 0. The molecule has 3 aromatic rings. The lowest BCUT2D eigenvalue weighted by Crippen LogP contribution is -2.35. The molecule has 1 fully saturated rings. The van der Waals surface area contributed by atoms with Crippen LogP contribution >= 0.6 is 12.4 Å². The summed E-state index contributed by atoms with van der Waals surface area (Å²) in [4.78, 5) is 15.4. The van der Waals surface area contributed by atoms with Gasteiger partial charge >= 0.3 is 0 Å². The van der Waals surface area contributed by atoms with Gasteiger partial charge in [-0.2, -0.15) is 0 Å². The summed E-state index contributed by atoms with van der Waals surface area (Å²) in [5.74, 6) is 1.36. The fourth-order valence-electron chi connectivity index (χ4n) is 3.69. The molecule has 0 unspecified atom stereocenters. The molecule has 1 aliphatic rings. The molecule has 0 spiro atoms. The maximum atomic E-state index is 13.1. The first-order chi connectivity index (χ1) is 13.6. The van der Waals surface area contributed by atoms with Gasteiger partial charge in [0.15, 0.2) is 5.43 Å². The van der Waals surface area contributed by atoms with Crippen LogP contribution in [0.4, 0.5) is 0 Å². The van der Waals surface area contributed by atoms with E-state index in [0.717, 1.165) is 30.0 Å². The molecule has 0 saturated carbocycles. The number of aryl methyl sites for hydroxylation is 1. The van der Waals surface area contributed by atoms with E-state index in [-0.39, 0.29) is 17.8 Å². The molecule has 0 atom stereocenters. The lowest BCUT2D eigenvalue weighted by Gasteiger charge is -2.27. The van der Waals surface area contributed by atoms with Crippen molar-refractivity contribution in [1.82, 2.24) is 4.90 Å². The van der Waals surface area contributed by atoms with Gasteiger partial charge in [0.25, 0.3) is 0 Å². The van der Waals surface area contributed by atoms with E-state index in [1.165, 1.54) is 5.56 Å². The van der Waals surface area contributed by atoms with Crippen molar-refractivity contribution in [3.63, 3.8) is 0 Å². The smallest absolute Gasteiger partial charge is 0.196 e. The predicted molar refractivity (Wildman–Crippen MR) is 117 cm³/mol. The molecule has 0 amide bonds. The zero-order chi connectivity index (χ0) is 19.7. The third-order valence-corrected chi connectivity index (χ3v) is 5.37. The zero-order valence-corrected chi connectivity index (χ0v) is 17.8. The minimum absolute atomic E-state index is 0. The molecule has 0 aliphatic carbocycles. The molecule has 5 nitrogen and oxygen atoms in total. The standard InChI is InChI=1S/C23H25NO4.ClH/c1-15-4-6-17(7-5-15)22-16(2)21(25)18-8-9-20(26-3)19(23(18)28-22)14-24-10-12-27-13-11-24;/h4-9H,10-14H2,1-3H3;1H. The first kappa shape index (κ1) is 21.4. The van der Waals surface area contributed by atoms with Gasteiger partial charge in [-0.05, 0) is 26.0 Å². The number of methoxy groups -OCH3 is 1. The molecule has 2 heterocycles. The number of rotatable bonds is 4. The molecule has 6 heteroatoms. The Bertz CT molecular complexity index is 1050. The largest absolute Gasteiger partial charge is 0.496 e. The lowest BCUT2D eigenvalue weighted by molar-refractivity contribution is 0.0339. The summed E-state index contributed by atoms with van der Waals surface area (Å²) in [6, 6.07) is 11.7. The van der Waals surface area contributed by atoms with E-state index in [2.05, 4.69) is 4.90 Å². The molecule has 1 saturated heterocycles. The topological polar surface area (TPSA) is 51.9 Å². The molecular formula is C23H26ClNO4. The van der Waals surface area contributed by atoms with Crippen LogP contribution in [0.2, 0.25) is 0 Å². The van der Waals surface area contributed by atoms with Gasteiger partial charge in [0.05, 0.1) is 31.3 Å². The van der Waals surface area contributed by atoms with Crippen molar-refractivity contribution in [3.8, 4) is 17.1 Å². The Labute approximate surface area is 176 Å². The summed E-state index contributed by atoms with van der Waals surface area (Å²) in [5, 5.41) is 0.595. The minimum atomic E-state index is 0. The van der Waals surface area contributed by atoms with Crippen molar-refractivity contribution in [2.24, 2.45) is 0 Å². The fourth-order valence-corrected chi connectivity index (χ4v) is 3.69. The number of hydrogen-bond acceptors (Lipinski definition) is 5. The van der Waals surface area contributed by atoms with E-state index in [1.54, 1.807) is 13.2 Å². The van der Waals surface area contributed by atoms with Gasteiger partial charge in [0.2, 0.25) is 0 Å². The first-order valence-electron chi connectivity index (χ1n) is 9.59. The Morgan fingerprint density at radius 1 is 1.03 bits per heavy atom. The van der Waals surface area contributed by atoms with Crippen LogP contribution in [0.15, 0.2) is 45.6 Å². The third-order valence-electron chi connectivity index (χ3n) is 5.37. The molecule has 4 rings (SSSR count). The first-order valence-corrected chi connectivity index (χ1v) is 9.59. The SMILES string of the molecule is COc1ccc2c(=O)c(C)c(-c3ccc(C)cc3)oc2c1CN1CCOCC1.Cl. The fraction of sp³-hybridized carbons (Fsp3) is 0.348. The highest BCUT2D eigenvalue weighted by molar-refractivity contribution is 5.85. The van der Waals surface area contributed by atoms with Gasteiger partial charge in [-0.1, -0.05) is 29.8 Å². The highest BCUT2D eigenvalue weighted by Gasteiger charge is 2.21. The Morgan fingerprint density at radius 2 is 1.72 bits per heavy atom. The van der Waals surface area contributed by atoms with Crippen molar-refractivity contribution in [1.29, 1.82) is 0 Å². The van der Waals surface area contributed by atoms with Crippen molar-refractivity contribution in [3.05, 3.63) is 63.3 Å². The van der Waals surface area contributed by atoms with E-state index < -0.39 is 0 Å². The molecule has 0 N–H and O–H groups in total. The van der Waals surface area contributed by atoms with E-state index >= 15 is 0 Å². The number of ether oxygens (including phenoxy) is 2. The summed E-state index contributed by atoms with van der Waals surface area (Å²) in [6.45, 7) is 7.64. The van der Waals surface area contributed by atoms with Crippen molar-refractivity contribution < 1.29 is 13.9 Å². The summed E-state index contributed by atoms with van der Waals surface area (Å²) in [7, 11) is 1.65. The molecule has 0 bridgehead atoms. The van der Waals surface area contributed by atoms with Crippen LogP contribution < -0.4 is 10.2 Å². The summed E-state index contributed by atoms with van der Waals surface area (Å²) < 4.78 is 17.4. The second kappa shape index (κ2) is 8.99. The Balaban J connectivity index is 0.00000240. The number of fused-ring (bicyclic) bond motifs is 1. The maximum absolute atomic E-state index is 13.1. The van der Waals surface area contributed by atoms with E-state index in [0.29, 0.717) is 42.1 Å². The summed E-state index contributed by atoms with van der Waals surface area (Å²) >= 11 is 0. The number of morpholine rings is 1. The molecular weight excluding hydrogens is 390 g/mol. The molecule has 154 valence electrons. The van der Waals surface area contributed by atoms with Crippen LogP contribution in [-0.2, 0) is 11.3 Å². The Kier molecular flexibility index (Phi) is 6.63. The Morgan fingerprint density at radius 3 is 2.38 bits per heavy atom. The second-order valence-corrected chi connectivity index (χ2v) is 7.26. The Hall–Kier alpha value is -2.34. The van der Waals surface area contributed by atoms with Crippen molar-refractivity contribution in [2.45, 2.75) is 20.4 Å². The summed E-state index contributed by atoms with van der Waals surface area (Å²) in [5.41, 5.74) is 4.22. The highest BCUT2D eigenvalue weighted by Crippen LogP contribution is 2.32. The molecule has 2 aromatic carbocycles. The average molecular weight is 416 g/mol. The molecule has 0 radical (unpaired) electrons.